The van der Waals surface area contributed by atoms with Crippen molar-refractivity contribution in [2.75, 3.05) is 11.9 Å². The molecule has 2 N–H and O–H groups in total. The van der Waals surface area contributed by atoms with Gasteiger partial charge in [-0.3, -0.25) is 10.1 Å². The Labute approximate surface area is 106 Å². The number of aliphatic hydroxyl groups excluding tert-OH is 1. The van der Waals surface area contributed by atoms with E-state index in [0.29, 0.717) is 12.2 Å². The standard InChI is InChI=1S/C12H19N3O3/c1-4-9(16)7-18-10-5-13-12(14-6-10)15-11(17)8(2)3/h5-6,8-9,16H,4,7H2,1-3H3,(H,13,14,15,17)/t9-/m1/s1. The van der Waals surface area contributed by atoms with E-state index >= 15 is 0 Å². The fraction of sp³-hybridized carbons (Fsp3) is 0.583. The zero-order valence-corrected chi connectivity index (χ0v) is 10.9. The second kappa shape index (κ2) is 6.90. The molecule has 1 heterocycles. The third kappa shape index (κ3) is 4.67. The van der Waals surface area contributed by atoms with Gasteiger partial charge in [0.2, 0.25) is 11.9 Å². The Morgan fingerprint density at radius 2 is 2.06 bits per heavy atom. The topological polar surface area (TPSA) is 84.3 Å². The summed E-state index contributed by atoms with van der Waals surface area (Å²) >= 11 is 0. The number of nitrogens with zero attached hydrogens (tertiary/aromatic N) is 2. The molecule has 0 radical (unpaired) electrons. The van der Waals surface area contributed by atoms with Crippen molar-refractivity contribution in [1.82, 2.24) is 9.97 Å². The van der Waals surface area contributed by atoms with Crippen molar-refractivity contribution in [3.05, 3.63) is 12.4 Å². The van der Waals surface area contributed by atoms with E-state index in [9.17, 15) is 9.90 Å². The van der Waals surface area contributed by atoms with Crippen LogP contribution in [0.3, 0.4) is 0 Å². The van der Waals surface area contributed by atoms with E-state index in [-0.39, 0.29) is 24.4 Å². The quantitative estimate of drug-likeness (QED) is 0.796. The number of aliphatic hydroxyl groups is 1. The molecule has 100 valence electrons. The molecule has 6 nitrogen and oxygen atoms in total. The lowest BCUT2D eigenvalue weighted by atomic mass is 10.2. The van der Waals surface area contributed by atoms with Crippen molar-refractivity contribution in [1.29, 1.82) is 0 Å². The van der Waals surface area contributed by atoms with Gasteiger partial charge in [-0.15, -0.1) is 0 Å². The zero-order chi connectivity index (χ0) is 13.5. The minimum Gasteiger partial charge on any atom is -0.488 e. The lowest BCUT2D eigenvalue weighted by Crippen LogP contribution is -2.19. The first-order chi connectivity index (χ1) is 8.52. The summed E-state index contributed by atoms with van der Waals surface area (Å²) < 4.78 is 5.28. The first-order valence-electron chi connectivity index (χ1n) is 5.96. The van der Waals surface area contributed by atoms with Gasteiger partial charge in [-0.25, -0.2) is 9.97 Å². The minimum atomic E-state index is -0.495. The fourth-order valence-electron chi connectivity index (χ4n) is 1.02. The van der Waals surface area contributed by atoms with Gasteiger partial charge >= 0.3 is 0 Å². The van der Waals surface area contributed by atoms with Crippen LogP contribution in [0.25, 0.3) is 0 Å². The van der Waals surface area contributed by atoms with Crippen LogP contribution in [0.15, 0.2) is 12.4 Å². The van der Waals surface area contributed by atoms with E-state index in [1.54, 1.807) is 13.8 Å². The van der Waals surface area contributed by atoms with E-state index in [0.717, 1.165) is 0 Å². The van der Waals surface area contributed by atoms with Crippen LogP contribution in [0, 0.1) is 5.92 Å². The molecular formula is C12H19N3O3. The number of hydrogen-bond donors (Lipinski definition) is 2. The third-order valence-corrected chi connectivity index (χ3v) is 2.30. The lowest BCUT2D eigenvalue weighted by Gasteiger charge is -2.10. The van der Waals surface area contributed by atoms with Gasteiger partial charge < -0.3 is 9.84 Å². The van der Waals surface area contributed by atoms with Gasteiger partial charge in [0.1, 0.15) is 6.61 Å². The van der Waals surface area contributed by atoms with Crippen molar-refractivity contribution >= 4 is 11.9 Å². The number of amides is 1. The monoisotopic (exact) mass is 253 g/mol. The number of aromatic nitrogens is 2. The van der Waals surface area contributed by atoms with Gasteiger partial charge in [-0.2, -0.15) is 0 Å². The van der Waals surface area contributed by atoms with E-state index < -0.39 is 6.10 Å². The van der Waals surface area contributed by atoms with Gasteiger partial charge in [0.05, 0.1) is 18.5 Å². The molecule has 0 aliphatic heterocycles. The molecule has 1 atom stereocenters. The number of ether oxygens (including phenoxy) is 1. The molecule has 0 aliphatic rings. The molecule has 1 amide bonds. The average molecular weight is 253 g/mol. The van der Waals surface area contributed by atoms with Crippen molar-refractivity contribution < 1.29 is 14.6 Å². The molecule has 0 saturated heterocycles. The smallest absolute Gasteiger partial charge is 0.229 e. The maximum absolute atomic E-state index is 11.4. The highest BCUT2D eigenvalue weighted by atomic mass is 16.5. The highest BCUT2D eigenvalue weighted by Crippen LogP contribution is 2.10. The first-order valence-corrected chi connectivity index (χ1v) is 5.96. The molecule has 0 unspecified atom stereocenters. The maximum Gasteiger partial charge on any atom is 0.229 e. The van der Waals surface area contributed by atoms with Crippen molar-refractivity contribution in [3.63, 3.8) is 0 Å². The van der Waals surface area contributed by atoms with Gasteiger partial charge in [0.15, 0.2) is 5.75 Å². The molecular weight excluding hydrogens is 234 g/mol. The molecule has 1 rings (SSSR count). The van der Waals surface area contributed by atoms with E-state index in [4.69, 9.17) is 4.74 Å². The largest absolute Gasteiger partial charge is 0.488 e. The highest BCUT2D eigenvalue weighted by Gasteiger charge is 2.09. The van der Waals surface area contributed by atoms with Crippen LogP contribution in [0.1, 0.15) is 27.2 Å². The maximum atomic E-state index is 11.4. The minimum absolute atomic E-state index is 0.121. The van der Waals surface area contributed by atoms with E-state index in [2.05, 4.69) is 15.3 Å². The summed E-state index contributed by atoms with van der Waals surface area (Å²) in [5.41, 5.74) is 0. The molecule has 0 fully saturated rings. The number of carbonyl (C=O) groups excluding carboxylic acids is 1. The Morgan fingerprint density at radius 3 is 2.56 bits per heavy atom. The Bertz CT molecular complexity index is 379. The molecule has 1 aromatic heterocycles. The van der Waals surface area contributed by atoms with E-state index in [1.165, 1.54) is 12.4 Å². The fourth-order valence-corrected chi connectivity index (χ4v) is 1.02. The Morgan fingerprint density at radius 1 is 1.44 bits per heavy atom. The molecule has 18 heavy (non-hydrogen) atoms. The van der Waals surface area contributed by atoms with Gasteiger partial charge in [0.25, 0.3) is 0 Å². The predicted molar refractivity (Wildman–Crippen MR) is 67.3 cm³/mol. The second-order valence-corrected chi connectivity index (χ2v) is 4.26. The molecule has 6 heteroatoms. The molecule has 0 aromatic carbocycles. The summed E-state index contributed by atoms with van der Waals surface area (Å²) in [6.07, 6.45) is 3.06. The Hall–Kier alpha value is -1.69. The van der Waals surface area contributed by atoms with E-state index in [1.807, 2.05) is 6.92 Å². The number of carbonyl (C=O) groups is 1. The summed E-state index contributed by atoms with van der Waals surface area (Å²) in [4.78, 5) is 19.3. The lowest BCUT2D eigenvalue weighted by molar-refractivity contribution is -0.118. The van der Waals surface area contributed by atoms with Crippen LogP contribution >= 0.6 is 0 Å². The van der Waals surface area contributed by atoms with Gasteiger partial charge in [0, 0.05) is 5.92 Å². The second-order valence-electron chi connectivity index (χ2n) is 4.26. The summed E-state index contributed by atoms with van der Waals surface area (Å²) in [5, 5.41) is 11.9. The molecule has 0 spiro atoms. The van der Waals surface area contributed by atoms with Crippen LogP contribution in [0.2, 0.25) is 0 Å². The van der Waals surface area contributed by atoms with Crippen LogP contribution in [0.5, 0.6) is 5.75 Å². The van der Waals surface area contributed by atoms with Crippen molar-refractivity contribution in [3.8, 4) is 5.75 Å². The zero-order valence-electron chi connectivity index (χ0n) is 10.9. The molecule has 0 aliphatic carbocycles. The van der Waals surface area contributed by atoms with Crippen LogP contribution in [-0.2, 0) is 4.79 Å². The highest BCUT2D eigenvalue weighted by molar-refractivity contribution is 5.90. The van der Waals surface area contributed by atoms with Crippen LogP contribution in [0.4, 0.5) is 5.95 Å². The molecule has 1 aromatic rings. The Balaban J connectivity index is 2.50. The number of anilines is 1. The third-order valence-electron chi connectivity index (χ3n) is 2.30. The first kappa shape index (κ1) is 14.4. The average Bonchev–Trinajstić information content (AvgIpc) is 2.37. The summed E-state index contributed by atoms with van der Waals surface area (Å²) in [7, 11) is 0. The van der Waals surface area contributed by atoms with Crippen LogP contribution < -0.4 is 10.1 Å². The molecule has 0 bridgehead atoms. The normalized spacial score (nSPS) is 12.3. The van der Waals surface area contributed by atoms with Gasteiger partial charge in [-0.05, 0) is 6.42 Å². The number of rotatable bonds is 6. The van der Waals surface area contributed by atoms with Crippen molar-refractivity contribution in [2.24, 2.45) is 5.92 Å². The van der Waals surface area contributed by atoms with Crippen LogP contribution in [-0.4, -0.2) is 33.7 Å². The number of hydrogen-bond acceptors (Lipinski definition) is 5. The Kier molecular flexibility index (Phi) is 5.51. The van der Waals surface area contributed by atoms with Gasteiger partial charge in [-0.1, -0.05) is 20.8 Å². The number of nitrogens with one attached hydrogen (secondary N) is 1. The summed E-state index contributed by atoms with van der Waals surface area (Å²) in [6, 6.07) is 0. The predicted octanol–water partition coefficient (Wildman–Crippen LogP) is 1.22. The van der Waals surface area contributed by atoms with Crippen molar-refractivity contribution in [2.45, 2.75) is 33.3 Å². The summed E-state index contributed by atoms with van der Waals surface area (Å²) in [5.74, 6) is 0.455. The molecule has 0 saturated carbocycles. The summed E-state index contributed by atoms with van der Waals surface area (Å²) in [6.45, 7) is 5.66. The SMILES string of the molecule is CC[C@@H](O)COc1cnc(NC(=O)C(C)C)nc1.